The molecule has 1 aliphatic rings. The van der Waals surface area contributed by atoms with Gasteiger partial charge in [0.25, 0.3) is 0 Å². The summed E-state index contributed by atoms with van der Waals surface area (Å²) in [4.78, 5) is 23.0. The van der Waals surface area contributed by atoms with E-state index in [2.05, 4.69) is 6.92 Å². The molecule has 0 radical (unpaired) electrons. The molecule has 0 saturated heterocycles. The van der Waals surface area contributed by atoms with E-state index in [0.717, 1.165) is 25.3 Å². The van der Waals surface area contributed by atoms with Crippen molar-refractivity contribution >= 4 is 5.97 Å². The number of rotatable bonds is 3. The summed E-state index contributed by atoms with van der Waals surface area (Å²) in [5, 5.41) is 9.25. The second kappa shape index (κ2) is 5.47. The lowest BCUT2D eigenvalue weighted by atomic mass is 9.86. The minimum absolute atomic E-state index is 0.0462. The van der Waals surface area contributed by atoms with Crippen LogP contribution in [0.3, 0.4) is 0 Å². The van der Waals surface area contributed by atoms with Crippen LogP contribution in [0.1, 0.15) is 49.1 Å². The van der Waals surface area contributed by atoms with E-state index in [-0.39, 0.29) is 22.9 Å². The van der Waals surface area contributed by atoms with Crippen LogP contribution in [0.4, 0.5) is 0 Å². The molecule has 0 amide bonds. The minimum Gasteiger partial charge on any atom is -0.491 e. The predicted octanol–water partition coefficient (Wildman–Crippen LogP) is 2.31. The predicted molar refractivity (Wildman–Crippen MR) is 70.9 cm³/mol. The molecule has 0 bridgehead atoms. The molecule has 1 aliphatic carbocycles. The maximum absolute atomic E-state index is 11.7. The molecule has 2 atom stereocenters. The number of hydrogen-bond acceptors (Lipinski definition) is 3. The van der Waals surface area contributed by atoms with Gasteiger partial charge in [0.05, 0.1) is 13.3 Å². The fraction of sp³-hybridized carbons (Fsp3) is 0.571. The lowest BCUT2D eigenvalue weighted by molar-refractivity contribution is 0.0677. The van der Waals surface area contributed by atoms with Crippen molar-refractivity contribution in [1.82, 2.24) is 4.57 Å². The summed E-state index contributed by atoms with van der Waals surface area (Å²) in [6.07, 6.45) is 5.67. The molecule has 0 spiro atoms. The smallest absolute Gasteiger partial charge is 0.352 e. The average molecular weight is 265 g/mol. The van der Waals surface area contributed by atoms with Crippen molar-refractivity contribution in [3.8, 4) is 5.75 Å². The number of aromatic carboxylic acids is 1. The lowest BCUT2D eigenvalue weighted by Gasteiger charge is -2.30. The Kier molecular flexibility index (Phi) is 3.93. The first-order valence-corrected chi connectivity index (χ1v) is 6.56. The Morgan fingerprint density at radius 3 is 2.79 bits per heavy atom. The number of nitrogens with zero attached hydrogens (tertiary/aromatic N) is 1. The molecule has 19 heavy (non-hydrogen) atoms. The Morgan fingerprint density at radius 2 is 2.21 bits per heavy atom. The molecule has 1 N–H and O–H groups in total. The molecule has 1 saturated carbocycles. The summed E-state index contributed by atoms with van der Waals surface area (Å²) in [6, 6.07) is 1.28. The van der Waals surface area contributed by atoms with Crippen molar-refractivity contribution in [2.75, 3.05) is 7.11 Å². The first-order valence-electron chi connectivity index (χ1n) is 6.56. The highest BCUT2D eigenvalue weighted by Crippen LogP contribution is 2.33. The summed E-state index contributed by atoms with van der Waals surface area (Å²) < 4.78 is 6.70. The van der Waals surface area contributed by atoms with Crippen LogP contribution in [0.15, 0.2) is 17.1 Å². The fourth-order valence-corrected chi connectivity index (χ4v) is 2.81. The van der Waals surface area contributed by atoms with Crippen molar-refractivity contribution in [2.24, 2.45) is 5.92 Å². The molecule has 5 nitrogen and oxygen atoms in total. The third-order valence-electron chi connectivity index (χ3n) is 3.79. The van der Waals surface area contributed by atoms with Crippen LogP contribution in [0.25, 0.3) is 0 Å². The van der Waals surface area contributed by atoms with Gasteiger partial charge < -0.3 is 14.4 Å². The normalized spacial score (nSPS) is 23.1. The third-order valence-corrected chi connectivity index (χ3v) is 3.79. The van der Waals surface area contributed by atoms with Gasteiger partial charge in [0.1, 0.15) is 5.69 Å². The van der Waals surface area contributed by atoms with Gasteiger partial charge in [-0.3, -0.25) is 4.79 Å². The molecule has 104 valence electrons. The monoisotopic (exact) mass is 265 g/mol. The van der Waals surface area contributed by atoms with Gasteiger partial charge in [-0.25, -0.2) is 4.79 Å². The maximum atomic E-state index is 11.7. The summed E-state index contributed by atoms with van der Waals surface area (Å²) in [5.41, 5.74) is -0.343. The first kappa shape index (κ1) is 13.6. The van der Waals surface area contributed by atoms with Gasteiger partial charge >= 0.3 is 5.97 Å². The Bertz CT molecular complexity index is 535. The van der Waals surface area contributed by atoms with Crippen molar-refractivity contribution in [1.29, 1.82) is 0 Å². The van der Waals surface area contributed by atoms with Crippen LogP contribution in [-0.4, -0.2) is 22.8 Å². The second-order valence-electron chi connectivity index (χ2n) is 5.23. The number of aromatic nitrogens is 1. The van der Waals surface area contributed by atoms with Crippen LogP contribution >= 0.6 is 0 Å². The third kappa shape index (κ3) is 2.80. The Balaban J connectivity index is 2.47. The maximum Gasteiger partial charge on any atom is 0.352 e. The van der Waals surface area contributed by atoms with Crippen LogP contribution in [-0.2, 0) is 0 Å². The molecule has 2 unspecified atom stereocenters. The van der Waals surface area contributed by atoms with E-state index in [1.54, 1.807) is 4.57 Å². The molecule has 2 rings (SSSR count). The molecule has 0 aromatic carbocycles. The number of carboxylic acids is 1. The number of carbonyl (C=O) groups is 1. The van der Waals surface area contributed by atoms with E-state index in [9.17, 15) is 14.7 Å². The van der Waals surface area contributed by atoms with Gasteiger partial charge in [0.2, 0.25) is 5.43 Å². The number of pyridine rings is 1. The molecule has 1 fully saturated rings. The Labute approximate surface area is 111 Å². The molecular weight excluding hydrogens is 246 g/mol. The standard InChI is InChI=1S/C14H19NO4/c1-9-4-3-5-10(6-9)15-8-13(19-2)12(16)7-11(15)14(17)18/h7-10H,3-6H2,1-2H3,(H,17,18). The average Bonchev–Trinajstić information content (AvgIpc) is 2.38. The molecular formula is C14H19NO4. The van der Waals surface area contributed by atoms with Gasteiger partial charge in [0, 0.05) is 12.1 Å². The van der Waals surface area contributed by atoms with Crippen molar-refractivity contribution < 1.29 is 14.6 Å². The van der Waals surface area contributed by atoms with Crippen molar-refractivity contribution in [3.63, 3.8) is 0 Å². The number of carboxylic acid groups (broad SMARTS) is 1. The molecule has 1 aromatic heterocycles. The van der Waals surface area contributed by atoms with Gasteiger partial charge in [-0.05, 0) is 18.8 Å². The highest BCUT2D eigenvalue weighted by molar-refractivity contribution is 5.85. The van der Waals surface area contributed by atoms with Crippen LogP contribution in [0.2, 0.25) is 0 Å². The fourth-order valence-electron chi connectivity index (χ4n) is 2.81. The van der Waals surface area contributed by atoms with Crippen LogP contribution < -0.4 is 10.2 Å². The zero-order valence-electron chi connectivity index (χ0n) is 11.3. The zero-order chi connectivity index (χ0) is 14.0. The van der Waals surface area contributed by atoms with Crippen LogP contribution in [0.5, 0.6) is 5.75 Å². The highest BCUT2D eigenvalue weighted by atomic mass is 16.5. The van der Waals surface area contributed by atoms with E-state index in [1.165, 1.54) is 19.7 Å². The number of hydrogen-bond donors (Lipinski definition) is 1. The Hall–Kier alpha value is -1.78. The summed E-state index contributed by atoms with van der Waals surface area (Å²) in [6.45, 7) is 2.17. The molecule has 5 heteroatoms. The number of ether oxygens (including phenoxy) is 1. The Morgan fingerprint density at radius 1 is 1.47 bits per heavy atom. The molecule has 1 heterocycles. The van der Waals surface area contributed by atoms with E-state index in [1.807, 2.05) is 0 Å². The molecule has 0 aliphatic heterocycles. The summed E-state index contributed by atoms with van der Waals surface area (Å²) in [7, 11) is 1.42. The SMILES string of the molecule is COc1cn(C2CCCC(C)C2)c(C(=O)O)cc1=O. The van der Waals surface area contributed by atoms with Gasteiger partial charge in [-0.1, -0.05) is 19.8 Å². The van der Waals surface area contributed by atoms with Crippen molar-refractivity contribution in [3.05, 3.63) is 28.2 Å². The van der Waals surface area contributed by atoms with E-state index in [4.69, 9.17) is 4.74 Å². The largest absolute Gasteiger partial charge is 0.491 e. The van der Waals surface area contributed by atoms with E-state index < -0.39 is 5.97 Å². The van der Waals surface area contributed by atoms with Gasteiger partial charge in [0.15, 0.2) is 5.75 Å². The highest BCUT2D eigenvalue weighted by Gasteiger charge is 2.24. The van der Waals surface area contributed by atoms with E-state index >= 15 is 0 Å². The summed E-state index contributed by atoms with van der Waals surface area (Å²) >= 11 is 0. The summed E-state index contributed by atoms with van der Waals surface area (Å²) in [5.74, 6) is -0.299. The van der Waals surface area contributed by atoms with Gasteiger partial charge in [-0.2, -0.15) is 0 Å². The van der Waals surface area contributed by atoms with Crippen molar-refractivity contribution in [2.45, 2.75) is 38.6 Å². The number of methoxy groups -OCH3 is 1. The molecule has 1 aromatic rings. The topological polar surface area (TPSA) is 68.5 Å². The second-order valence-corrected chi connectivity index (χ2v) is 5.23. The lowest BCUT2D eigenvalue weighted by Crippen LogP contribution is -2.25. The minimum atomic E-state index is -1.07. The zero-order valence-corrected chi connectivity index (χ0v) is 11.3. The quantitative estimate of drug-likeness (QED) is 0.910. The van der Waals surface area contributed by atoms with Crippen LogP contribution in [0, 0.1) is 5.92 Å². The first-order chi connectivity index (χ1) is 9.02. The van der Waals surface area contributed by atoms with Gasteiger partial charge in [-0.15, -0.1) is 0 Å². The van der Waals surface area contributed by atoms with E-state index in [0.29, 0.717) is 5.92 Å².